The van der Waals surface area contributed by atoms with Crippen molar-refractivity contribution in [2.75, 3.05) is 33.4 Å². The van der Waals surface area contributed by atoms with Gasteiger partial charge in [0.05, 0.1) is 18.0 Å². The number of benzene rings is 1. The van der Waals surface area contributed by atoms with Crippen LogP contribution in [-0.4, -0.2) is 58.1 Å². The van der Waals surface area contributed by atoms with E-state index >= 15 is 0 Å². The van der Waals surface area contributed by atoms with Gasteiger partial charge in [-0.25, -0.2) is 13.4 Å². The van der Waals surface area contributed by atoms with Gasteiger partial charge in [0.25, 0.3) is 0 Å². The van der Waals surface area contributed by atoms with E-state index in [0.29, 0.717) is 37.2 Å². The molecule has 0 saturated carbocycles. The van der Waals surface area contributed by atoms with Crippen LogP contribution in [0.25, 0.3) is 0 Å². The molecule has 0 heterocycles. The first-order valence-corrected chi connectivity index (χ1v) is 10.4. The van der Waals surface area contributed by atoms with E-state index in [1.54, 1.807) is 31.3 Å². The van der Waals surface area contributed by atoms with Gasteiger partial charge in [-0.05, 0) is 45.4 Å². The van der Waals surface area contributed by atoms with Gasteiger partial charge in [0.15, 0.2) is 5.96 Å². The maximum atomic E-state index is 12.5. The van der Waals surface area contributed by atoms with Gasteiger partial charge >= 0.3 is 0 Å². The van der Waals surface area contributed by atoms with E-state index in [2.05, 4.69) is 15.6 Å². The lowest BCUT2D eigenvalue weighted by Gasteiger charge is -2.21. The summed E-state index contributed by atoms with van der Waals surface area (Å²) in [5.41, 5.74) is 0.943. The molecule has 0 saturated heterocycles. The minimum Gasteiger partial charge on any atom is -0.380 e. The standard InChI is InChI=1S/C18H32N4O3S.HI/c1-6-19-18(20-12-13-25-7-2)21-14-16-8-10-17(11-9-16)26(23,24)22(5)15(3)4;/h8-11,15H,6-7,12-14H2,1-5H3,(H2,19,20,21);1H. The van der Waals surface area contributed by atoms with Gasteiger partial charge in [0.1, 0.15) is 0 Å². The van der Waals surface area contributed by atoms with Crippen molar-refractivity contribution in [3.63, 3.8) is 0 Å². The van der Waals surface area contributed by atoms with Crippen LogP contribution in [0.4, 0.5) is 0 Å². The smallest absolute Gasteiger partial charge is 0.243 e. The minimum absolute atomic E-state index is 0. The van der Waals surface area contributed by atoms with Crippen molar-refractivity contribution >= 4 is 40.0 Å². The number of nitrogens with zero attached hydrogens (tertiary/aromatic N) is 2. The molecule has 0 radical (unpaired) electrons. The number of hydrogen-bond acceptors (Lipinski definition) is 4. The molecular weight excluding hydrogens is 479 g/mol. The van der Waals surface area contributed by atoms with Gasteiger partial charge in [0, 0.05) is 32.8 Å². The highest BCUT2D eigenvalue weighted by molar-refractivity contribution is 14.0. The Morgan fingerprint density at radius 3 is 2.33 bits per heavy atom. The van der Waals surface area contributed by atoms with E-state index in [4.69, 9.17) is 4.74 Å². The van der Waals surface area contributed by atoms with Gasteiger partial charge in [-0.3, -0.25) is 0 Å². The summed E-state index contributed by atoms with van der Waals surface area (Å²) < 4.78 is 31.6. The van der Waals surface area contributed by atoms with Crippen molar-refractivity contribution in [2.24, 2.45) is 4.99 Å². The van der Waals surface area contributed by atoms with Crippen LogP contribution in [0.3, 0.4) is 0 Å². The van der Waals surface area contributed by atoms with Crippen molar-refractivity contribution in [1.29, 1.82) is 0 Å². The maximum Gasteiger partial charge on any atom is 0.243 e. The van der Waals surface area contributed by atoms with E-state index in [0.717, 1.165) is 12.1 Å². The third kappa shape index (κ3) is 8.75. The summed E-state index contributed by atoms with van der Waals surface area (Å²) in [7, 11) is -1.86. The van der Waals surface area contributed by atoms with Gasteiger partial charge in [-0.2, -0.15) is 4.31 Å². The molecule has 1 aromatic carbocycles. The highest BCUT2D eigenvalue weighted by Crippen LogP contribution is 2.17. The van der Waals surface area contributed by atoms with Crippen molar-refractivity contribution in [2.45, 2.75) is 45.2 Å². The first kappa shape index (κ1) is 26.1. The molecule has 0 aliphatic carbocycles. The second-order valence-electron chi connectivity index (χ2n) is 6.08. The highest BCUT2D eigenvalue weighted by atomic mass is 127. The molecule has 9 heteroatoms. The molecule has 0 unspecified atom stereocenters. The zero-order chi connectivity index (χ0) is 19.6. The molecule has 0 aliphatic rings. The van der Waals surface area contributed by atoms with Crippen LogP contribution < -0.4 is 10.6 Å². The Hall–Kier alpha value is -0.910. The fourth-order valence-corrected chi connectivity index (χ4v) is 3.48. The Bertz CT molecular complexity index is 664. The van der Waals surface area contributed by atoms with E-state index in [9.17, 15) is 8.42 Å². The van der Waals surface area contributed by atoms with Crippen molar-refractivity contribution < 1.29 is 13.2 Å². The number of guanidine groups is 1. The number of nitrogens with one attached hydrogen (secondary N) is 2. The SMILES string of the molecule is CCNC(=NCc1ccc(S(=O)(=O)N(C)C(C)C)cc1)NCCOCC.I. The van der Waals surface area contributed by atoms with Gasteiger partial charge in [0.2, 0.25) is 10.0 Å². The third-order valence-corrected chi connectivity index (χ3v) is 5.88. The number of rotatable bonds is 10. The third-order valence-electron chi connectivity index (χ3n) is 3.83. The van der Waals surface area contributed by atoms with Gasteiger partial charge in [-0.1, -0.05) is 12.1 Å². The first-order chi connectivity index (χ1) is 12.3. The molecule has 0 aliphatic heterocycles. The number of sulfonamides is 1. The quantitative estimate of drug-likeness (QED) is 0.218. The molecule has 0 aromatic heterocycles. The Morgan fingerprint density at radius 1 is 1.19 bits per heavy atom. The Balaban J connectivity index is 0.00000676. The fourth-order valence-electron chi connectivity index (χ4n) is 2.11. The predicted molar refractivity (Wildman–Crippen MR) is 121 cm³/mol. The molecule has 1 rings (SSSR count). The molecule has 156 valence electrons. The highest BCUT2D eigenvalue weighted by Gasteiger charge is 2.22. The number of aliphatic imine (C=N–C) groups is 1. The van der Waals surface area contributed by atoms with Gasteiger partial charge < -0.3 is 15.4 Å². The molecule has 27 heavy (non-hydrogen) atoms. The summed E-state index contributed by atoms with van der Waals surface area (Å²) in [5.74, 6) is 0.712. The summed E-state index contributed by atoms with van der Waals surface area (Å²) in [4.78, 5) is 4.81. The molecule has 7 nitrogen and oxygen atoms in total. The summed E-state index contributed by atoms with van der Waals surface area (Å²) in [5, 5.41) is 6.37. The van der Waals surface area contributed by atoms with E-state index in [1.165, 1.54) is 4.31 Å². The predicted octanol–water partition coefficient (Wildman–Crippen LogP) is 2.43. The van der Waals surface area contributed by atoms with Crippen LogP contribution in [0.5, 0.6) is 0 Å². The Kier molecular flexibility index (Phi) is 12.8. The minimum atomic E-state index is -3.45. The topological polar surface area (TPSA) is 83.0 Å². The van der Waals surface area contributed by atoms with Crippen LogP contribution in [0.15, 0.2) is 34.2 Å². The van der Waals surface area contributed by atoms with Gasteiger partial charge in [-0.15, -0.1) is 24.0 Å². The Morgan fingerprint density at radius 2 is 1.81 bits per heavy atom. The lowest BCUT2D eigenvalue weighted by Crippen LogP contribution is -2.39. The average molecular weight is 512 g/mol. The zero-order valence-electron chi connectivity index (χ0n) is 16.9. The fraction of sp³-hybridized carbons (Fsp3) is 0.611. The van der Waals surface area contributed by atoms with Crippen LogP contribution in [0.2, 0.25) is 0 Å². The number of hydrogen-bond donors (Lipinski definition) is 2. The second-order valence-corrected chi connectivity index (χ2v) is 8.08. The van der Waals surface area contributed by atoms with Crippen molar-refractivity contribution in [1.82, 2.24) is 14.9 Å². The summed E-state index contributed by atoms with van der Waals surface area (Å²) >= 11 is 0. The molecule has 1 aromatic rings. The van der Waals surface area contributed by atoms with Crippen LogP contribution in [0.1, 0.15) is 33.3 Å². The monoisotopic (exact) mass is 512 g/mol. The summed E-state index contributed by atoms with van der Waals surface area (Å²) in [6, 6.07) is 6.78. The van der Waals surface area contributed by atoms with Crippen molar-refractivity contribution in [3.05, 3.63) is 29.8 Å². The largest absolute Gasteiger partial charge is 0.380 e. The summed E-state index contributed by atoms with van der Waals surface area (Å²) in [6.07, 6.45) is 0. The maximum absolute atomic E-state index is 12.5. The molecule has 0 spiro atoms. The van der Waals surface area contributed by atoms with E-state index in [-0.39, 0.29) is 30.0 Å². The average Bonchev–Trinajstić information content (AvgIpc) is 2.62. The second kappa shape index (κ2) is 13.3. The summed E-state index contributed by atoms with van der Waals surface area (Å²) in [6.45, 7) is 10.9. The molecule has 0 fully saturated rings. The van der Waals surface area contributed by atoms with Crippen molar-refractivity contribution in [3.8, 4) is 0 Å². The molecular formula is C18H33IN4O3S. The Labute approximate surface area is 181 Å². The normalized spacial score (nSPS) is 12.2. The van der Waals surface area contributed by atoms with Crippen LogP contribution in [-0.2, 0) is 21.3 Å². The number of halogens is 1. The van der Waals surface area contributed by atoms with Crippen LogP contribution >= 0.6 is 24.0 Å². The van der Waals surface area contributed by atoms with E-state index < -0.39 is 10.0 Å². The lowest BCUT2D eigenvalue weighted by molar-refractivity contribution is 0.152. The zero-order valence-corrected chi connectivity index (χ0v) is 20.0. The molecule has 0 atom stereocenters. The first-order valence-electron chi connectivity index (χ1n) is 8.99. The van der Waals surface area contributed by atoms with Crippen LogP contribution in [0, 0.1) is 0 Å². The van der Waals surface area contributed by atoms with E-state index in [1.807, 2.05) is 27.7 Å². The lowest BCUT2D eigenvalue weighted by atomic mass is 10.2. The molecule has 0 bridgehead atoms. The molecule has 2 N–H and O–H groups in total. The number of ether oxygens (including phenoxy) is 1. The molecule has 0 amide bonds.